The zero-order valence-electron chi connectivity index (χ0n) is 21.4. The summed E-state index contributed by atoms with van der Waals surface area (Å²) in [6, 6.07) is 24.6. The van der Waals surface area contributed by atoms with Crippen molar-refractivity contribution in [1.82, 2.24) is 10.3 Å². The first kappa shape index (κ1) is 23.8. The normalized spacial score (nSPS) is 14.2. The summed E-state index contributed by atoms with van der Waals surface area (Å²) in [6.45, 7) is 6.95. The van der Waals surface area contributed by atoms with Gasteiger partial charge in [-0.2, -0.15) is 0 Å². The molecule has 1 fully saturated rings. The van der Waals surface area contributed by atoms with Crippen LogP contribution in [0.25, 0.3) is 21.9 Å². The first-order chi connectivity index (χ1) is 17.2. The highest BCUT2D eigenvalue weighted by molar-refractivity contribution is 5.83. The van der Waals surface area contributed by atoms with E-state index in [1.165, 1.54) is 101 Å². The Morgan fingerprint density at radius 1 is 0.829 bits per heavy atom. The molecule has 0 spiro atoms. The van der Waals surface area contributed by atoms with Gasteiger partial charge in [-0.25, -0.2) is 0 Å². The van der Waals surface area contributed by atoms with E-state index >= 15 is 0 Å². The SMILES string of the molecule is C1CCNCC1.CCCCc1nc(Cc2ccc3ccccc3c2)cc2c1-c1ccc(C)cc1C2. The highest BCUT2D eigenvalue weighted by Gasteiger charge is 2.23. The lowest BCUT2D eigenvalue weighted by atomic mass is 9.98. The highest BCUT2D eigenvalue weighted by Crippen LogP contribution is 2.40. The van der Waals surface area contributed by atoms with E-state index in [0.717, 1.165) is 19.3 Å². The second-order valence-corrected chi connectivity index (χ2v) is 10.2. The minimum absolute atomic E-state index is 0.895. The van der Waals surface area contributed by atoms with Crippen LogP contribution in [0.1, 0.15) is 72.7 Å². The summed E-state index contributed by atoms with van der Waals surface area (Å²) >= 11 is 0. The van der Waals surface area contributed by atoms with Gasteiger partial charge in [0.15, 0.2) is 0 Å². The van der Waals surface area contributed by atoms with Crippen LogP contribution in [-0.4, -0.2) is 18.1 Å². The second-order valence-electron chi connectivity index (χ2n) is 10.2. The van der Waals surface area contributed by atoms with Crippen LogP contribution in [0.5, 0.6) is 0 Å². The predicted molar refractivity (Wildman–Crippen MR) is 149 cm³/mol. The molecule has 0 amide bonds. The average Bonchev–Trinajstić information content (AvgIpc) is 3.26. The quantitative estimate of drug-likeness (QED) is 0.288. The number of aromatic nitrogens is 1. The van der Waals surface area contributed by atoms with Crippen LogP contribution in [-0.2, 0) is 19.3 Å². The summed E-state index contributed by atoms with van der Waals surface area (Å²) in [4.78, 5) is 5.18. The minimum atomic E-state index is 0.895. The van der Waals surface area contributed by atoms with Crippen LogP contribution in [0.15, 0.2) is 66.7 Å². The highest BCUT2D eigenvalue weighted by atomic mass is 14.9. The van der Waals surface area contributed by atoms with E-state index in [4.69, 9.17) is 4.98 Å². The molecular formula is C33H38N2. The van der Waals surface area contributed by atoms with Crippen LogP contribution < -0.4 is 5.32 Å². The topological polar surface area (TPSA) is 24.9 Å². The molecule has 2 heterocycles. The molecule has 4 aromatic rings. The molecule has 1 aromatic heterocycles. The smallest absolute Gasteiger partial charge is 0.0488 e. The van der Waals surface area contributed by atoms with E-state index in [1.807, 2.05) is 0 Å². The maximum absolute atomic E-state index is 5.18. The van der Waals surface area contributed by atoms with Gasteiger partial charge in [-0.15, -0.1) is 0 Å². The van der Waals surface area contributed by atoms with Crippen molar-refractivity contribution in [3.8, 4) is 11.1 Å². The Balaban J connectivity index is 0.000000371. The molecule has 2 nitrogen and oxygen atoms in total. The summed E-state index contributed by atoms with van der Waals surface area (Å²) in [6.07, 6.45) is 9.61. The van der Waals surface area contributed by atoms with E-state index in [2.05, 4.69) is 85.9 Å². The van der Waals surface area contributed by atoms with Gasteiger partial charge in [-0.1, -0.05) is 86.0 Å². The van der Waals surface area contributed by atoms with Crippen molar-refractivity contribution in [2.45, 2.75) is 65.2 Å². The summed E-state index contributed by atoms with van der Waals surface area (Å²) in [5, 5.41) is 5.89. The zero-order chi connectivity index (χ0) is 24.0. The molecule has 35 heavy (non-hydrogen) atoms. The number of piperidine rings is 1. The molecule has 2 heteroatoms. The number of hydrogen-bond donors (Lipinski definition) is 1. The number of fused-ring (bicyclic) bond motifs is 4. The van der Waals surface area contributed by atoms with Gasteiger partial charge < -0.3 is 5.32 Å². The number of rotatable bonds is 5. The number of benzene rings is 3. The Morgan fingerprint density at radius 3 is 2.40 bits per heavy atom. The molecule has 2 aliphatic rings. The molecular weight excluding hydrogens is 424 g/mol. The van der Waals surface area contributed by atoms with Crippen LogP contribution in [0.3, 0.4) is 0 Å². The van der Waals surface area contributed by atoms with Crippen molar-refractivity contribution < 1.29 is 0 Å². The van der Waals surface area contributed by atoms with E-state index in [0.29, 0.717) is 0 Å². The molecule has 0 atom stereocenters. The third-order valence-corrected chi connectivity index (χ3v) is 7.31. The van der Waals surface area contributed by atoms with Crippen molar-refractivity contribution in [2.75, 3.05) is 13.1 Å². The molecule has 1 N–H and O–H groups in total. The maximum atomic E-state index is 5.18. The van der Waals surface area contributed by atoms with Crippen LogP contribution in [0.2, 0.25) is 0 Å². The van der Waals surface area contributed by atoms with Gasteiger partial charge in [0.2, 0.25) is 0 Å². The third-order valence-electron chi connectivity index (χ3n) is 7.31. The fourth-order valence-electron chi connectivity index (χ4n) is 5.48. The fourth-order valence-corrected chi connectivity index (χ4v) is 5.48. The van der Waals surface area contributed by atoms with Crippen molar-refractivity contribution in [3.63, 3.8) is 0 Å². The fraction of sp³-hybridized carbons (Fsp3) is 0.364. The number of nitrogens with one attached hydrogen (secondary N) is 1. The summed E-state index contributed by atoms with van der Waals surface area (Å²) in [7, 11) is 0. The molecule has 1 saturated heterocycles. The van der Waals surface area contributed by atoms with Crippen molar-refractivity contribution >= 4 is 10.8 Å². The largest absolute Gasteiger partial charge is 0.317 e. The molecule has 0 radical (unpaired) electrons. The molecule has 3 aromatic carbocycles. The Kier molecular flexibility index (Phi) is 7.59. The van der Waals surface area contributed by atoms with Gasteiger partial charge in [0.25, 0.3) is 0 Å². The number of pyridine rings is 1. The second kappa shape index (κ2) is 11.2. The molecule has 0 bridgehead atoms. The van der Waals surface area contributed by atoms with E-state index in [9.17, 15) is 0 Å². The van der Waals surface area contributed by atoms with Gasteiger partial charge in [-0.3, -0.25) is 4.98 Å². The summed E-state index contributed by atoms with van der Waals surface area (Å²) in [5.74, 6) is 0. The first-order valence-corrected chi connectivity index (χ1v) is 13.5. The van der Waals surface area contributed by atoms with E-state index in [-0.39, 0.29) is 0 Å². The molecule has 0 unspecified atom stereocenters. The predicted octanol–water partition coefficient (Wildman–Crippen LogP) is 7.81. The number of aryl methyl sites for hydroxylation is 2. The van der Waals surface area contributed by atoms with E-state index < -0.39 is 0 Å². The number of unbranched alkanes of at least 4 members (excludes halogenated alkanes) is 1. The van der Waals surface area contributed by atoms with Gasteiger partial charge in [-0.05, 0) is 91.2 Å². The summed E-state index contributed by atoms with van der Waals surface area (Å²) in [5.41, 5.74) is 10.9. The number of hydrogen-bond acceptors (Lipinski definition) is 2. The Bertz CT molecular complexity index is 1290. The van der Waals surface area contributed by atoms with Gasteiger partial charge in [0.1, 0.15) is 0 Å². The summed E-state index contributed by atoms with van der Waals surface area (Å²) < 4.78 is 0. The lowest BCUT2D eigenvalue weighted by Gasteiger charge is -2.12. The van der Waals surface area contributed by atoms with Crippen molar-refractivity contribution in [2.24, 2.45) is 0 Å². The molecule has 0 saturated carbocycles. The van der Waals surface area contributed by atoms with Gasteiger partial charge in [0, 0.05) is 23.4 Å². The molecule has 6 rings (SSSR count). The van der Waals surface area contributed by atoms with Crippen LogP contribution >= 0.6 is 0 Å². The van der Waals surface area contributed by atoms with E-state index in [1.54, 1.807) is 0 Å². The molecule has 1 aliphatic heterocycles. The Morgan fingerprint density at radius 2 is 1.66 bits per heavy atom. The maximum Gasteiger partial charge on any atom is 0.0488 e. The first-order valence-electron chi connectivity index (χ1n) is 13.5. The van der Waals surface area contributed by atoms with Crippen LogP contribution in [0.4, 0.5) is 0 Å². The molecule has 1 aliphatic carbocycles. The third kappa shape index (κ3) is 5.65. The van der Waals surface area contributed by atoms with Gasteiger partial charge in [0.05, 0.1) is 0 Å². The number of nitrogens with zero attached hydrogens (tertiary/aromatic N) is 1. The van der Waals surface area contributed by atoms with Crippen LogP contribution in [0, 0.1) is 6.92 Å². The zero-order valence-corrected chi connectivity index (χ0v) is 21.4. The standard InChI is InChI=1S/C28H27N.C5H11N/c1-3-4-9-27-28-24(17-23-14-19(2)10-13-26(23)28)18-25(29-27)16-20-11-12-21-7-5-6-8-22(21)15-20;1-2-4-6-5-3-1/h5-8,10-15,18H,3-4,9,16-17H2,1-2H3;6H,1-5H2. The molecule has 180 valence electrons. The van der Waals surface area contributed by atoms with Crippen molar-refractivity contribution in [3.05, 3.63) is 100 Å². The lowest BCUT2D eigenvalue weighted by Crippen LogP contribution is -2.21. The minimum Gasteiger partial charge on any atom is -0.317 e. The monoisotopic (exact) mass is 462 g/mol. The Hall–Kier alpha value is -2.97. The van der Waals surface area contributed by atoms with Crippen molar-refractivity contribution in [1.29, 1.82) is 0 Å². The lowest BCUT2D eigenvalue weighted by molar-refractivity contribution is 0.520. The average molecular weight is 463 g/mol. The Labute approximate surface area is 210 Å². The van der Waals surface area contributed by atoms with Gasteiger partial charge >= 0.3 is 0 Å².